The topological polar surface area (TPSA) is 53.9 Å². The zero-order valence-electron chi connectivity index (χ0n) is 17.5. The number of para-hydroxylation sites is 1. The first-order valence-electron chi connectivity index (χ1n) is 10.0. The van der Waals surface area contributed by atoms with Crippen LogP contribution in [0.15, 0.2) is 42.5 Å². The van der Waals surface area contributed by atoms with Crippen LogP contribution >= 0.6 is 11.8 Å². The second kappa shape index (κ2) is 9.94. The molecule has 2 amide bonds. The molecule has 0 unspecified atom stereocenters. The average molecular weight is 413 g/mol. The fraction of sp³-hybridized carbons (Fsp3) is 0.391. The van der Waals surface area contributed by atoms with E-state index in [-0.39, 0.29) is 11.8 Å². The van der Waals surface area contributed by atoms with Crippen molar-refractivity contribution in [3.63, 3.8) is 0 Å². The molecular formula is C23H30N3O2S+. The van der Waals surface area contributed by atoms with Crippen molar-refractivity contribution in [2.75, 3.05) is 44.3 Å². The lowest BCUT2D eigenvalue weighted by Gasteiger charge is -2.32. The minimum absolute atomic E-state index is 0.0292. The van der Waals surface area contributed by atoms with E-state index in [1.54, 1.807) is 11.8 Å². The number of anilines is 1. The van der Waals surface area contributed by atoms with Crippen molar-refractivity contribution in [3.8, 4) is 0 Å². The van der Waals surface area contributed by atoms with Crippen LogP contribution in [0.1, 0.15) is 27.0 Å². The molecule has 1 fully saturated rings. The highest BCUT2D eigenvalue weighted by Crippen LogP contribution is 2.19. The summed E-state index contributed by atoms with van der Waals surface area (Å²) in [6, 6.07) is 13.9. The minimum Gasteiger partial charge on any atom is -0.327 e. The number of hydrogen-bond acceptors (Lipinski definition) is 3. The third-order valence-electron chi connectivity index (χ3n) is 5.43. The van der Waals surface area contributed by atoms with Gasteiger partial charge in [0, 0.05) is 17.0 Å². The molecule has 29 heavy (non-hydrogen) atoms. The highest BCUT2D eigenvalue weighted by Gasteiger charge is 2.26. The summed E-state index contributed by atoms with van der Waals surface area (Å²) in [5, 5.41) is 3.06. The van der Waals surface area contributed by atoms with Crippen molar-refractivity contribution >= 4 is 29.3 Å². The molecule has 0 spiro atoms. The highest BCUT2D eigenvalue weighted by atomic mass is 32.2. The number of carbonyl (C=O) groups is 2. The maximum atomic E-state index is 12.7. The molecule has 1 aliphatic rings. The van der Waals surface area contributed by atoms with E-state index in [1.807, 2.05) is 61.2 Å². The number of nitrogens with zero attached hydrogens (tertiary/aromatic N) is 1. The Morgan fingerprint density at radius 3 is 2.24 bits per heavy atom. The standard InChI is InChI=1S/C23H29N3O2S/c1-17-5-4-6-18(2)22(17)24-21(27)15-25-11-13-26(14-12-25)23(28)20-9-7-19(8-10-20)16-29-3/h4-10H,11-16H2,1-3H3,(H,24,27)/p+1. The minimum atomic E-state index is 0.0292. The molecular weight excluding hydrogens is 382 g/mol. The van der Waals surface area contributed by atoms with Crippen LogP contribution in [0.2, 0.25) is 0 Å². The van der Waals surface area contributed by atoms with Gasteiger partial charge in [0.1, 0.15) is 0 Å². The number of amides is 2. The summed E-state index contributed by atoms with van der Waals surface area (Å²) in [7, 11) is 0. The number of quaternary nitrogens is 1. The molecule has 3 rings (SSSR count). The quantitative estimate of drug-likeness (QED) is 0.764. The number of thioether (sulfide) groups is 1. The SMILES string of the molecule is CSCc1ccc(C(=O)N2CC[NH+](CC(=O)Nc3c(C)cccc3C)CC2)cc1. The van der Waals surface area contributed by atoms with Crippen LogP contribution in [-0.2, 0) is 10.5 Å². The van der Waals surface area contributed by atoms with Crippen molar-refractivity contribution in [3.05, 3.63) is 64.7 Å². The van der Waals surface area contributed by atoms with Crippen molar-refractivity contribution in [2.24, 2.45) is 0 Å². The normalized spacial score (nSPS) is 14.7. The van der Waals surface area contributed by atoms with Gasteiger partial charge in [0.2, 0.25) is 0 Å². The van der Waals surface area contributed by atoms with Gasteiger partial charge in [-0.2, -0.15) is 11.8 Å². The number of piperazine rings is 1. The van der Waals surface area contributed by atoms with E-state index in [0.717, 1.165) is 41.2 Å². The van der Waals surface area contributed by atoms with Crippen molar-refractivity contribution < 1.29 is 14.5 Å². The number of hydrogen-bond donors (Lipinski definition) is 2. The van der Waals surface area contributed by atoms with Crippen molar-refractivity contribution in [1.29, 1.82) is 0 Å². The lowest BCUT2D eigenvalue weighted by molar-refractivity contribution is -0.895. The summed E-state index contributed by atoms with van der Waals surface area (Å²) in [6.07, 6.45) is 2.07. The zero-order chi connectivity index (χ0) is 20.8. The molecule has 6 heteroatoms. The Kier molecular flexibility index (Phi) is 7.34. The second-order valence-corrected chi connectivity index (χ2v) is 8.53. The third-order valence-corrected chi connectivity index (χ3v) is 6.05. The molecule has 0 saturated carbocycles. The average Bonchev–Trinajstić information content (AvgIpc) is 2.72. The van der Waals surface area contributed by atoms with Gasteiger partial charge < -0.3 is 15.1 Å². The number of nitrogens with one attached hydrogen (secondary N) is 2. The Bertz CT molecular complexity index is 839. The molecule has 0 radical (unpaired) electrons. The zero-order valence-corrected chi connectivity index (χ0v) is 18.3. The lowest BCUT2D eigenvalue weighted by Crippen LogP contribution is -3.15. The molecule has 154 valence electrons. The molecule has 0 aliphatic carbocycles. The van der Waals surface area contributed by atoms with E-state index >= 15 is 0 Å². The van der Waals surface area contributed by atoms with Crippen LogP contribution in [0.4, 0.5) is 5.69 Å². The Hall–Kier alpha value is -2.31. The van der Waals surface area contributed by atoms with Gasteiger partial charge in [-0.25, -0.2) is 0 Å². The Morgan fingerprint density at radius 1 is 1.03 bits per heavy atom. The van der Waals surface area contributed by atoms with Crippen LogP contribution in [0, 0.1) is 13.8 Å². The van der Waals surface area contributed by atoms with Crippen LogP contribution in [0.3, 0.4) is 0 Å². The smallest absolute Gasteiger partial charge is 0.279 e. The Morgan fingerprint density at radius 2 is 1.66 bits per heavy atom. The molecule has 1 saturated heterocycles. The summed E-state index contributed by atoms with van der Waals surface area (Å²) >= 11 is 1.77. The lowest BCUT2D eigenvalue weighted by atomic mass is 10.1. The summed E-state index contributed by atoms with van der Waals surface area (Å²) in [6.45, 7) is 7.38. The van der Waals surface area contributed by atoms with E-state index in [1.165, 1.54) is 10.5 Å². The van der Waals surface area contributed by atoms with Gasteiger partial charge in [0.15, 0.2) is 6.54 Å². The molecule has 2 N–H and O–H groups in total. The van der Waals surface area contributed by atoms with Crippen molar-refractivity contribution in [1.82, 2.24) is 4.90 Å². The van der Waals surface area contributed by atoms with E-state index in [0.29, 0.717) is 19.6 Å². The third kappa shape index (κ3) is 5.61. The first-order chi connectivity index (χ1) is 14.0. The highest BCUT2D eigenvalue weighted by molar-refractivity contribution is 7.97. The number of benzene rings is 2. The molecule has 2 aromatic rings. The van der Waals surface area contributed by atoms with Gasteiger partial charge in [-0.15, -0.1) is 0 Å². The van der Waals surface area contributed by atoms with Crippen LogP contribution in [0.25, 0.3) is 0 Å². The molecule has 0 bridgehead atoms. The first kappa shape index (κ1) is 21.4. The summed E-state index contributed by atoms with van der Waals surface area (Å²) < 4.78 is 0. The van der Waals surface area contributed by atoms with E-state index in [2.05, 4.69) is 11.6 Å². The maximum Gasteiger partial charge on any atom is 0.279 e. The molecule has 1 aliphatic heterocycles. The predicted octanol–water partition coefficient (Wildman–Crippen LogP) is 2.15. The van der Waals surface area contributed by atoms with Crippen LogP contribution in [0.5, 0.6) is 0 Å². The Labute approximate surface area is 177 Å². The van der Waals surface area contributed by atoms with Gasteiger partial charge in [-0.3, -0.25) is 9.59 Å². The van der Waals surface area contributed by atoms with Gasteiger partial charge in [0.05, 0.1) is 26.2 Å². The van der Waals surface area contributed by atoms with Crippen LogP contribution in [-0.4, -0.2) is 55.7 Å². The van der Waals surface area contributed by atoms with E-state index in [4.69, 9.17) is 0 Å². The van der Waals surface area contributed by atoms with Gasteiger partial charge in [0.25, 0.3) is 11.8 Å². The maximum absolute atomic E-state index is 12.7. The monoisotopic (exact) mass is 412 g/mol. The van der Waals surface area contributed by atoms with Gasteiger partial charge in [-0.1, -0.05) is 30.3 Å². The predicted molar refractivity (Wildman–Crippen MR) is 120 cm³/mol. The first-order valence-corrected chi connectivity index (χ1v) is 11.4. The summed E-state index contributed by atoms with van der Waals surface area (Å²) in [4.78, 5) is 28.4. The fourth-order valence-electron chi connectivity index (χ4n) is 3.72. The molecule has 2 aromatic carbocycles. The molecule has 0 aromatic heterocycles. The molecule has 0 atom stereocenters. The van der Waals surface area contributed by atoms with Gasteiger partial charge >= 0.3 is 0 Å². The van der Waals surface area contributed by atoms with E-state index in [9.17, 15) is 9.59 Å². The fourth-order valence-corrected chi connectivity index (χ4v) is 4.24. The number of rotatable bonds is 6. The molecule has 5 nitrogen and oxygen atoms in total. The largest absolute Gasteiger partial charge is 0.327 e. The van der Waals surface area contributed by atoms with Gasteiger partial charge in [-0.05, 0) is 48.9 Å². The summed E-state index contributed by atoms with van der Waals surface area (Å²) in [5.74, 6) is 1.07. The number of aryl methyl sites for hydroxylation is 2. The molecule has 1 heterocycles. The second-order valence-electron chi connectivity index (χ2n) is 7.66. The number of carbonyl (C=O) groups excluding carboxylic acids is 2. The van der Waals surface area contributed by atoms with Crippen molar-refractivity contribution in [2.45, 2.75) is 19.6 Å². The Balaban J connectivity index is 1.49. The summed E-state index contributed by atoms with van der Waals surface area (Å²) in [5.41, 5.74) is 5.04. The van der Waals surface area contributed by atoms with E-state index < -0.39 is 0 Å². The van der Waals surface area contributed by atoms with Crippen LogP contribution < -0.4 is 10.2 Å².